The summed E-state index contributed by atoms with van der Waals surface area (Å²) in [5.41, 5.74) is -1.24. The van der Waals surface area contributed by atoms with Gasteiger partial charge in [0.15, 0.2) is 0 Å². The molecule has 0 N–H and O–H groups in total. The lowest BCUT2D eigenvalue weighted by atomic mass is 9.70. The number of benzene rings is 11. The van der Waals surface area contributed by atoms with E-state index in [1.165, 1.54) is 5.56 Å². The molecule has 324 valence electrons. The maximum Gasteiger partial charge on any atom is 0.0726 e. The van der Waals surface area contributed by atoms with Crippen molar-refractivity contribution in [1.29, 1.82) is 0 Å². The highest BCUT2D eigenvalue weighted by atomic mass is 15.1. The van der Waals surface area contributed by atoms with E-state index >= 15 is 0 Å². The minimum absolute atomic E-state index is 0.0312. The van der Waals surface area contributed by atoms with Crippen molar-refractivity contribution >= 4 is 27.8 Å². The molecular formula is C68H47N. The molecule has 0 bridgehead atoms. The smallest absolute Gasteiger partial charge is 0.0726 e. The fraction of sp³-hybridized carbons (Fsp3) is 0.0588. The van der Waals surface area contributed by atoms with Gasteiger partial charge in [0.05, 0.1) is 36.9 Å². The van der Waals surface area contributed by atoms with Crippen molar-refractivity contribution in [1.82, 2.24) is 0 Å². The van der Waals surface area contributed by atoms with Crippen molar-refractivity contribution in [3.63, 3.8) is 0 Å². The van der Waals surface area contributed by atoms with E-state index in [9.17, 15) is 16.4 Å². The number of rotatable bonds is 6. The van der Waals surface area contributed by atoms with Crippen LogP contribution in [0.5, 0.6) is 0 Å². The molecule has 0 aromatic heterocycles. The quantitative estimate of drug-likeness (QED) is 0.161. The number of hydrogen-bond donors (Lipinski definition) is 0. The zero-order valence-electron chi connectivity index (χ0n) is 59.8. The minimum atomic E-state index is -2.66. The first-order valence-corrected chi connectivity index (χ1v) is 22.4. The largest absolute Gasteiger partial charge is 0.310 e. The summed E-state index contributed by atoms with van der Waals surface area (Å²) in [7, 11) is 0. The van der Waals surface area contributed by atoms with Crippen LogP contribution in [0.2, 0.25) is 0 Å². The summed E-state index contributed by atoms with van der Waals surface area (Å²) in [6.07, 6.45) is 0. The Morgan fingerprint density at radius 2 is 0.913 bits per heavy atom. The highest BCUT2D eigenvalue weighted by molar-refractivity contribution is 6.05. The second-order valence-corrected chi connectivity index (χ2v) is 17.8. The van der Waals surface area contributed by atoms with E-state index in [4.69, 9.17) is 15.1 Å². The standard InChI is InChI=1S/C68H47N/c1-67(2)60-24-12-8-20-54(60)58-40-33-48(42-64(58)67)66-52-19-7-6-18-46(52)32-39-53(66)47-30-36-50(37-31-47)69(49-34-28-45(29-35-49)44-16-4-3-5-17-44)51-38-41-59-57-23-11-15-27-63(57)68(65(59)43-51)61-25-13-9-21-55(61)56-22-10-14-26-62(56)68/h3-43H,1-2H3/i3D,4D,5D,9D,10D,11D,13D,14D,15D,16D,17D,21D,22D,23D,25D,26D,27D,28D,29D,34D,35D,38D,43D. The Kier molecular flexibility index (Phi) is 4.99. The zero-order valence-corrected chi connectivity index (χ0v) is 36.8. The van der Waals surface area contributed by atoms with Crippen LogP contribution in [-0.2, 0) is 10.8 Å². The molecule has 0 amide bonds. The molecule has 69 heavy (non-hydrogen) atoms. The summed E-state index contributed by atoms with van der Waals surface area (Å²) in [6, 6.07) is 15.5. The molecule has 1 spiro atoms. The molecule has 11 aromatic carbocycles. The van der Waals surface area contributed by atoms with Gasteiger partial charge in [-0.25, -0.2) is 0 Å². The van der Waals surface area contributed by atoms with Crippen molar-refractivity contribution in [2.75, 3.05) is 4.90 Å². The summed E-state index contributed by atoms with van der Waals surface area (Å²) in [6.45, 7) is 4.38. The van der Waals surface area contributed by atoms with Crippen LogP contribution in [0.4, 0.5) is 17.1 Å². The van der Waals surface area contributed by atoms with Gasteiger partial charge >= 0.3 is 0 Å². The maximum absolute atomic E-state index is 10.8. The molecule has 1 heteroatoms. The second-order valence-electron chi connectivity index (χ2n) is 17.8. The second kappa shape index (κ2) is 15.0. The van der Waals surface area contributed by atoms with Crippen LogP contribution >= 0.6 is 0 Å². The first-order valence-electron chi connectivity index (χ1n) is 33.9. The third-order valence-corrected chi connectivity index (χ3v) is 14.0. The minimum Gasteiger partial charge on any atom is -0.310 e. The monoisotopic (exact) mass is 901 g/mol. The molecule has 14 rings (SSSR count). The number of hydrogen-bond acceptors (Lipinski definition) is 1. The van der Waals surface area contributed by atoms with Gasteiger partial charge in [-0.05, 0) is 153 Å². The Labute approximate surface area is 436 Å². The molecule has 0 fully saturated rings. The summed E-state index contributed by atoms with van der Waals surface area (Å²) in [4.78, 5) is 1.08. The van der Waals surface area contributed by atoms with Crippen molar-refractivity contribution in [3.05, 3.63) is 282 Å². The summed E-state index contributed by atoms with van der Waals surface area (Å²) in [5.74, 6) is 0. The van der Waals surface area contributed by atoms with E-state index in [-0.39, 0.29) is 22.2 Å². The van der Waals surface area contributed by atoms with Gasteiger partial charge in [0.25, 0.3) is 0 Å². The SMILES string of the molecule is [2H]c1cc2c(c([2H])c1N(c1ccc(-c3ccc4ccccc4c3-c3ccc4c(c3)C(C)(C)c3ccccc3-4)cc1)c1c([2H])c([2H])c(-c3c([2H])c([2H])c([2H])c([2H])c3[2H])c([2H])c1[2H])C1(c3c([2H])c([2H])c([2H])c([2H])c3-2)c2c([2H])c([2H])c([2H])c([2H])c2-c2c([2H])c([2H])c([2H])c([2H])c21. The molecule has 0 unspecified atom stereocenters. The molecule has 0 saturated carbocycles. The Morgan fingerprint density at radius 3 is 1.64 bits per heavy atom. The first kappa shape index (κ1) is 23.0. The van der Waals surface area contributed by atoms with Gasteiger partial charge in [0.1, 0.15) is 0 Å². The van der Waals surface area contributed by atoms with Gasteiger partial charge in [-0.3, -0.25) is 0 Å². The molecule has 0 radical (unpaired) electrons. The van der Waals surface area contributed by atoms with Crippen molar-refractivity contribution in [2.24, 2.45) is 0 Å². The average molecular weight is 901 g/mol. The number of nitrogens with zero attached hydrogens (tertiary/aromatic N) is 1. The van der Waals surface area contributed by atoms with Crippen molar-refractivity contribution in [3.8, 4) is 66.8 Å². The Hall–Kier alpha value is -8.52. The molecule has 0 heterocycles. The van der Waals surface area contributed by atoms with Gasteiger partial charge in [-0.1, -0.05) is 220 Å². The fourth-order valence-electron chi connectivity index (χ4n) is 10.9. The fourth-order valence-corrected chi connectivity index (χ4v) is 10.9. The van der Waals surface area contributed by atoms with Crippen LogP contribution in [0, 0.1) is 0 Å². The zero-order chi connectivity index (χ0) is 65.9. The summed E-state index contributed by atoms with van der Waals surface area (Å²) >= 11 is 0. The Bertz CT molecular complexity index is 5120. The third kappa shape index (κ3) is 5.71. The Morgan fingerprint density at radius 1 is 0.348 bits per heavy atom. The number of fused-ring (bicyclic) bond motifs is 14. The van der Waals surface area contributed by atoms with E-state index in [0.717, 1.165) is 55.1 Å². The lowest BCUT2D eigenvalue weighted by Gasteiger charge is -2.32. The highest BCUT2D eigenvalue weighted by Crippen LogP contribution is 2.63. The molecule has 0 saturated heterocycles. The van der Waals surface area contributed by atoms with Gasteiger partial charge in [0.2, 0.25) is 0 Å². The molecule has 0 aliphatic heterocycles. The van der Waals surface area contributed by atoms with E-state index in [1.807, 2.05) is 48.5 Å². The third-order valence-electron chi connectivity index (χ3n) is 14.0. The van der Waals surface area contributed by atoms with E-state index in [2.05, 4.69) is 44.2 Å². The average Bonchev–Trinajstić information content (AvgIpc) is 1.48. The Balaban J connectivity index is 1.09. The topological polar surface area (TPSA) is 3.24 Å². The molecule has 1 nitrogen and oxygen atoms in total. The molecule has 3 aliphatic rings. The predicted molar refractivity (Wildman–Crippen MR) is 289 cm³/mol. The molecular weight excluding hydrogens is 831 g/mol. The van der Waals surface area contributed by atoms with Crippen LogP contribution in [0.25, 0.3) is 77.5 Å². The van der Waals surface area contributed by atoms with Crippen LogP contribution in [0.3, 0.4) is 0 Å². The van der Waals surface area contributed by atoms with Crippen LogP contribution in [0.15, 0.2) is 248 Å². The van der Waals surface area contributed by atoms with Gasteiger partial charge in [-0.2, -0.15) is 0 Å². The van der Waals surface area contributed by atoms with Gasteiger partial charge in [-0.15, -0.1) is 0 Å². The van der Waals surface area contributed by atoms with E-state index in [0.29, 0.717) is 5.56 Å². The molecule has 0 atom stereocenters. The maximum atomic E-state index is 10.8. The highest BCUT2D eigenvalue weighted by Gasteiger charge is 2.51. The normalized spacial score (nSPS) is 18.6. The number of anilines is 3. The molecule has 3 aliphatic carbocycles. The van der Waals surface area contributed by atoms with Gasteiger partial charge < -0.3 is 4.90 Å². The van der Waals surface area contributed by atoms with E-state index in [1.54, 1.807) is 24.3 Å². The summed E-state index contributed by atoms with van der Waals surface area (Å²) < 4.78 is 215. The van der Waals surface area contributed by atoms with Crippen LogP contribution in [0.1, 0.15) is 78.8 Å². The first-order chi connectivity index (χ1) is 43.5. The van der Waals surface area contributed by atoms with Crippen molar-refractivity contribution < 1.29 is 31.5 Å². The van der Waals surface area contributed by atoms with E-state index < -0.39 is 200 Å². The lowest BCUT2D eigenvalue weighted by molar-refractivity contribution is 0.660. The van der Waals surface area contributed by atoms with Crippen molar-refractivity contribution in [2.45, 2.75) is 24.7 Å². The predicted octanol–water partition coefficient (Wildman–Crippen LogP) is 18.0. The lowest BCUT2D eigenvalue weighted by Crippen LogP contribution is -2.26. The van der Waals surface area contributed by atoms with Crippen LogP contribution < -0.4 is 4.90 Å². The molecule has 11 aromatic rings. The summed E-state index contributed by atoms with van der Waals surface area (Å²) in [5, 5.41) is 1.87. The van der Waals surface area contributed by atoms with Crippen LogP contribution in [-0.4, -0.2) is 0 Å². The van der Waals surface area contributed by atoms with Gasteiger partial charge in [0, 0.05) is 22.5 Å².